The van der Waals surface area contributed by atoms with Gasteiger partial charge >= 0.3 is 5.97 Å². The second kappa shape index (κ2) is 4.80. The number of nitrogens with two attached hydrogens (primary N) is 1. The number of hydrogen-bond donors (Lipinski definition) is 2. The van der Waals surface area contributed by atoms with Gasteiger partial charge < -0.3 is 10.8 Å². The van der Waals surface area contributed by atoms with Crippen LogP contribution in [0, 0.1) is 0 Å². The summed E-state index contributed by atoms with van der Waals surface area (Å²) in [5, 5.41) is 10.8. The highest BCUT2D eigenvalue weighted by atomic mass is 16.4. The van der Waals surface area contributed by atoms with Crippen LogP contribution in [0.15, 0.2) is 42.5 Å². The molecular weight excluding hydrogens is 214 g/mol. The molecule has 3 nitrogen and oxygen atoms in total. The number of carboxylic acid groups (broad SMARTS) is 1. The average molecular weight is 227 g/mol. The fourth-order valence-electron chi connectivity index (χ4n) is 1.86. The maximum atomic E-state index is 11.1. The standard InChI is InChI=1S/C14H13NO2/c15-9-3-5-10-4-1-7-12-11(10)6-2-8-13(12)14(16)17/h1-8H,9,15H2,(H,16,17). The third-order valence-corrected chi connectivity index (χ3v) is 2.62. The Labute approximate surface area is 99.2 Å². The van der Waals surface area contributed by atoms with Crippen molar-refractivity contribution >= 4 is 22.8 Å². The van der Waals surface area contributed by atoms with Crippen LogP contribution in [0.5, 0.6) is 0 Å². The largest absolute Gasteiger partial charge is 0.478 e. The van der Waals surface area contributed by atoms with Crippen LogP contribution in [0.2, 0.25) is 0 Å². The van der Waals surface area contributed by atoms with Crippen molar-refractivity contribution in [3.8, 4) is 0 Å². The fraction of sp³-hybridized carbons (Fsp3) is 0.0714. The number of carboxylic acids is 1. The summed E-state index contributed by atoms with van der Waals surface area (Å²) in [5.74, 6) is -0.907. The predicted molar refractivity (Wildman–Crippen MR) is 69.0 cm³/mol. The molecule has 0 aromatic heterocycles. The van der Waals surface area contributed by atoms with Gasteiger partial charge in [-0.15, -0.1) is 0 Å². The van der Waals surface area contributed by atoms with Gasteiger partial charge in [0, 0.05) is 6.54 Å². The lowest BCUT2D eigenvalue weighted by atomic mass is 10.00. The Morgan fingerprint density at radius 1 is 1.18 bits per heavy atom. The Hall–Kier alpha value is -2.13. The predicted octanol–water partition coefficient (Wildman–Crippen LogP) is 2.51. The monoisotopic (exact) mass is 227 g/mol. The van der Waals surface area contributed by atoms with Gasteiger partial charge in [0.15, 0.2) is 0 Å². The van der Waals surface area contributed by atoms with Gasteiger partial charge in [-0.1, -0.05) is 42.5 Å². The summed E-state index contributed by atoms with van der Waals surface area (Å²) in [6.45, 7) is 0.467. The van der Waals surface area contributed by atoms with Crippen molar-refractivity contribution in [3.05, 3.63) is 53.6 Å². The highest BCUT2D eigenvalue weighted by molar-refractivity contribution is 6.05. The van der Waals surface area contributed by atoms with Crippen molar-refractivity contribution in [1.29, 1.82) is 0 Å². The minimum absolute atomic E-state index is 0.325. The Bertz CT molecular complexity index is 588. The van der Waals surface area contributed by atoms with E-state index < -0.39 is 5.97 Å². The molecule has 0 bridgehead atoms. The molecule has 17 heavy (non-hydrogen) atoms. The van der Waals surface area contributed by atoms with Gasteiger partial charge in [0.25, 0.3) is 0 Å². The smallest absolute Gasteiger partial charge is 0.336 e. The molecule has 0 unspecified atom stereocenters. The van der Waals surface area contributed by atoms with E-state index in [1.807, 2.05) is 36.4 Å². The molecule has 2 rings (SSSR count). The van der Waals surface area contributed by atoms with E-state index in [4.69, 9.17) is 10.8 Å². The van der Waals surface area contributed by atoms with Crippen molar-refractivity contribution in [1.82, 2.24) is 0 Å². The van der Waals surface area contributed by atoms with Crippen LogP contribution in [0.25, 0.3) is 16.8 Å². The minimum Gasteiger partial charge on any atom is -0.478 e. The van der Waals surface area contributed by atoms with Crippen LogP contribution >= 0.6 is 0 Å². The van der Waals surface area contributed by atoms with Crippen LogP contribution in [0.4, 0.5) is 0 Å². The Morgan fingerprint density at radius 2 is 1.88 bits per heavy atom. The zero-order valence-electron chi connectivity index (χ0n) is 9.26. The lowest BCUT2D eigenvalue weighted by Crippen LogP contribution is -1.97. The number of fused-ring (bicyclic) bond motifs is 1. The zero-order chi connectivity index (χ0) is 12.3. The van der Waals surface area contributed by atoms with Gasteiger partial charge in [-0.3, -0.25) is 0 Å². The highest BCUT2D eigenvalue weighted by Crippen LogP contribution is 2.23. The molecule has 2 aromatic rings. The second-order valence-electron chi connectivity index (χ2n) is 3.69. The third kappa shape index (κ3) is 2.19. The molecule has 0 saturated heterocycles. The average Bonchev–Trinajstić information content (AvgIpc) is 2.35. The number of aromatic carboxylic acids is 1. The number of carbonyl (C=O) groups is 1. The summed E-state index contributed by atoms with van der Waals surface area (Å²) < 4.78 is 0. The van der Waals surface area contributed by atoms with Crippen molar-refractivity contribution in [2.75, 3.05) is 6.54 Å². The number of hydrogen-bond acceptors (Lipinski definition) is 2. The van der Waals surface area contributed by atoms with E-state index >= 15 is 0 Å². The van der Waals surface area contributed by atoms with Crippen LogP contribution in [-0.4, -0.2) is 17.6 Å². The van der Waals surface area contributed by atoms with Gasteiger partial charge in [0.2, 0.25) is 0 Å². The van der Waals surface area contributed by atoms with E-state index in [1.54, 1.807) is 12.1 Å². The zero-order valence-corrected chi connectivity index (χ0v) is 9.26. The van der Waals surface area contributed by atoms with E-state index in [0.717, 1.165) is 16.3 Å². The molecule has 0 spiro atoms. The molecule has 3 heteroatoms. The number of rotatable bonds is 3. The van der Waals surface area contributed by atoms with Crippen molar-refractivity contribution in [2.24, 2.45) is 5.73 Å². The second-order valence-corrected chi connectivity index (χ2v) is 3.69. The molecule has 0 aliphatic carbocycles. The topological polar surface area (TPSA) is 63.3 Å². The Kier molecular flexibility index (Phi) is 3.21. The van der Waals surface area contributed by atoms with Crippen molar-refractivity contribution < 1.29 is 9.90 Å². The quantitative estimate of drug-likeness (QED) is 0.846. The maximum absolute atomic E-state index is 11.1. The van der Waals surface area contributed by atoms with Gasteiger partial charge in [0.1, 0.15) is 0 Å². The van der Waals surface area contributed by atoms with Crippen LogP contribution in [0.3, 0.4) is 0 Å². The first-order chi connectivity index (χ1) is 8.24. The van der Waals surface area contributed by atoms with Crippen molar-refractivity contribution in [3.63, 3.8) is 0 Å². The van der Waals surface area contributed by atoms with E-state index in [9.17, 15) is 4.79 Å². The minimum atomic E-state index is -0.907. The molecule has 0 aliphatic rings. The Morgan fingerprint density at radius 3 is 2.59 bits per heavy atom. The first-order valence-electron chi connectivity index (χ1n) is 5.35. The molecule has 2 aromatic carbocycles. The molecule has 0 fully saturated rings. The van der Waals surface area contributed by atoms with E-state index in [1.165, 1.54) is 0 Å². The van der Waals surface area contributed by atoms with Gasteiger partial charge in [-0.2, -0.15) is 0 Å². The molecule has 0 heterocycles. The fourth-order valence-corrected chi connectivity index (χ4v) is 1.86. The SMILES string of the molecule is NCC=Cc1cccc2c(C(=O)O)cccc12. The van der Waals surface area contributed by atoms with E-state index in [-0.39, 0.29) is 0 Å². The molecular formula is C14H13NO2. The summed E-state index contributed by atoms with van der Waals surface area (Å²) in [4.78, 5) is 11.1. The molecule has 86 valence electrons. The van der Waals surface area contributed by atoms with E-state index in [0.29, 0.717) is 12.1 Å². The van der Waals surface area contributed by atoms with Gasteiger partial charge in [0.05, 0.1) is 5.56 Å². The van der Waals surface area contributed by atoms with E-state index in [2.05, 4.69) is 0 Å². The van der Waals surface area contributed by atoms with Crippen molar-refractivity contribution in [2.45, 2.75) is 0 Å². The molecule has 0 aliphatic heterocycles. The molecule has 3 N–H and O–H groups in total. The molecule has 0 radical (unpaired) electrons. The third-order valence-electron chi connectivity index (χ3n) is 2.62. The lowest BCUT2D eigenvalue weighted by molar-refractivity contribution is 0.0699. The van der Waals surface area contributed by atoms with Gasteiger partial charge in [-0.05, 0) is 22.4 Å². The number of benzene rings is 2. The van der Waals surface area contributed by atoms with Crippen LogP contribution in [-0.2, 0) is 0 Å². The molecule has 0 amide bonds. The molecule has 0 atom stereocenters. The molecule has 0 saturated carbocycles. The maximum Gasteiger partial charge on any atom is 0.336 e. The van der Waals surface area contributed by atoms with Gasteiger partial charge in [-0.25, -0.2) is 4.79 Å². The van der Waals surface area contributed by atoms with Crippen LogP contribution in [0.1, 0.15) is 15.9 Å². The first-order valence-corrected chi connectivity index (χ1v) is 5.35. The normalized spacial score (nSPS) is 11.1. The first kappa shape index (κ1) is 11.4. The lowest BCUT2D eigenvalue weighted by Gasteiger charge is -2.05. The summed E-state index contributed by atoms with van der Waals surface area (Å²) in [6.07, 6.45) is 3.76. The summed E-state index contributed by atoms with van der Waals surface area (Å²) in [5.41, 5.74) is 6.72. The highest BCUT2D eigenvalue weighted by Gasteiger charge is 2.08. The summed E-state index contributed by atoms with van der Waals surface area (Å²) in [7, 11) is 0. The summed E-state index contributed by atoms with van der Waals surface area (Å²) >= 11 is 0. The summed E-state index contributed by atoms with van der Waals surface area (Å²) in [6, 6.07) is 10.9. The Balaban J connectivity index is 2.69. The van der Waals surface area contributed by atoms with Crippen LogP contribution < -0.4 is 5.73 Å².